The van der Waals surface area contributed by atoms with E-state index in [2.05, 4.69) is 20.5 Å². The summed E-state index contributed by atoms with van der Waals surface area (Å²) < 4.78 is 5.61. The second-order valence-electron chi connectivity index (χ2n) is 4.69. The summed E-state index contributed by atoms with van der Waals surface area (Å²) in [5.41, 5.74) is 1.36. The van der Waals surface area contributed by atoms with Crippen molar-refractivity contribution in [3.8, 4) is 11.6 Å². The maximum Gasteiger partial charge on any atom is 0.256 e. The molecular weight excluding hydrogens is 280 g/mol. The Morgan fingerprint density at radius 2 is 2.09 bits per heavy atom. The van der Waals surface area contributed by atoms with Gasteiger partial charge in [0.15, 0.2) is 5.82 Å². The first kappa shape index (κ1) is 13.8. The minimum Gasteiger partial charge on any atom is -0.439 e. The Labute approximate surface area is 127 Å². The highest BCUT2D eigenvalue weighted by atomic mass is 16.5. The van der Waals surface area contributed by atoms with E-state index in [0.29, 0.717) is 23.0 Å². The average molecular weight is 294 g/mol. The van der Waals surface area contributed by atoms with Crippen molar-refractivity contribution in [3.05, 3.63) is 66.0 Å². The van der Waals surface area contributed by atoms with Crippen LogP contribution in [0.2, 0.25) is 0 Å². The van der Waals surface area contributed by atoms with Crippen LogP contribution in [-0.4, -0.2) is 21.1 Å². The quantitative estimate of drug-likeness (QED) is 0.774. The number of carbonyl (C=O) groups is 1. The van der Waals surface area contributed by atoms with E-state index in [1.807, 2.05) is 19.1 Å². The number of hydrogen-bond donors (Lipinski definition) is 2. The van der Waals surface area contributed by atoms with E-state index in [1.54, 1.807) is 42.6 Å². The third-order valence-corrected chi connectivity index (χ3v) is 2.90. The number of aryl methyl sites for hydroxylation is 1. The number of pyridine rings is 1. The minimum atomic E-state index is -0.252. The van der Waals surface area contributed by atoms with Crippen molar-refractivity contribution < 1.29 is 9.53 Å². The summed E-state index contributed by atoms with van der Waals surface area (Å²) in [6.45, 7) is 1.87. The first-order valence-electron chi connectivity index (χ1n) is 6.73. The van der Waals surface area contributed by atoms with Gasteiger partial charge in [-0.25, -0.2) is 4.98 Å². The zero-order valence-corrected chi connectivity index (χ0v) is 11.9. The van der Waals surface area contributed by atoms with Gasteiger partial charge in [-0.05, 0) is 31.2 Å². The van der Waals surface area contributed by atoms with Crippen LogP contribution in [0, 0.1) is 6.92 Å². The Hall–Kier alpha value is -3.15. The van der Waals surface area contributed by atoms with Crippen molar-refractivity contribution >= 4 is 11.7 Å². The molecule has 0 fully saturated rings. The predicted molar refractivity (Wildman–Crippen MR) is 82.0 cm³/mol. The number of carbonyl (C=O) groups excluding carboxylic acids is 1. The van der Waals surface area contributed by atoms with E-state index >= 15 is 0 Å². The molecule has 6 nitrogen and oxygen atoms in total. The molecule has 0 aliphatic heterocycles. The van der Waals surface area contributed by atoms with Crippen molar-refractivity contribution in [1.29, 1.82) is 0 Å². The maximum absolute atomic E-state index is 12.2. The molecule has 22 heavy (non-hydrogen) atoms. The van der Waals surface area contributed by atoms with Crippen molar-refractivity contribution in [2.24, 2.45) is 0 Å². The number of benzene rings is 1. The topological polar surface area (TPSA) is 79.9 Å². The zero-order chi connectivity index (χ0) is 15.4. The molecule has 1 aromatic carbocycles. The minimum absolute atomic E-state index is 0.252. The van der Waals surface area contributed by atoms with Crippen LogP contribution in [0.5, 0.6) is 11.6 Å². The monoisotopic (exact) mass is 294 g/mol. The second-order valence-corrected chi connectivity index (χ2v) is 4.69. The van der Waals surface area contributed by atoms with Gasteiger partial charge < -0.3 is 10.1 Å². The summed E-state index contributed by atoms with van der Waals surface area (Å²) >= 11 is 0. The van der Waals surface area contributed by atoms with Crippen molar-refractivity contribution in [3.63, 3.8) is 0 Å². The molecule has 3 aromatic rings. The van der Waals surface area contributed by atoms with Gasteiger partial charge in [0.2, 0.25) is 5.88 Å². The number of anilines is 1. The van der Waals surface area contributed by atoms with Crippen LogP contribution in [0.15, 0.2) is 54.7 Å². The Bertz CT molecular complexity index is 784. The molecule has 0 radical (unpaired) electrons. The predicted octanol–water partition coefficient (Wildman–Crippen LogP) is 3.16. The number of nitrogens with zero attached hydrogens (tertiary/aromatic N) is 2. The molecule has 2 heterocycles. The summed E-state index contributed by atoms with van der Waals surface area (Å²) in [5, 5.41) is 9.46. The molecule has 0 saturated heterocycles. The highest BCUT2D eigenvalue weighted by molar-refractivity contribution is 6.04. The molecule has 6 heteroatoms. The number of nitrogens with one attached hydrogen (secondary N) is 2. The Balaban J connectivity index is 1.74. The Kier molecular flexibility index (Phi) is 3.82. The SMILES string of the molecule is Cc1cc(NC(=O)c2cccc(Oc3ccccn3)c2)n[nH]1. The molecule has 0 aliphatic rings. The molecular formula is C16H14N4O2. The molecule has 0 spiro atoms. The lowest BCUT2D eigenvalue weighted by Crippen LogP contribution is -2.12. The van der Waals surface area contributed by atoms with Gasteiger partial charge >= 0.3 is 0 Å². The highest BCUT2D eigenvalue weighted by Gasteiger charge is 2.09. The van der Waals surface area contributed by atoms with E-state index < -0.39 is 0 Å². The summed E-state index contributed by atoms with van der Waals surface area (Å²) in [6, 6.07) is 14.0. The molecule has 0 bridgehead atoms. The number of ether oxygens (including phenoxy) is 1. The molecule has 1 amide bonds. The van der Waals surface area contributed by atoms with Gasteiger partial charge in [0.25, 0.3) is 5.91 Å². The molecule has 110 valence electrons. The fourth-order valence-electron chi connectivity index (χ4n) is 1.90. The van der Waals surface area contributed by atoms with Crippen LogP contribution in [0.1, 0.15) is 16.1 Å². The van der Waals surface area contributed by atoms with Gasteiger partial charge in [-0.3, -0.25) is 9.89 Å². The number of H-pyrrole nitrogens is 1. The van der Waals surface area contributed by atoms with Crippen LogP contribution in [0.4, 0.5) is 5.82 Å². The highest BCUT2D eigenvalue weighted by Crippen LogP contribution is 2.20. The molecule has 3 rings (SSSR count). The molecule has 0 saturated carbocycles. The number of hydrogen-bond acceptors (Lipinski definition) is 4. The number of amides is 1. The third kappa shape index (κ3) is 3.29. The van der Waals surface area contributed by atoms with Gasteiger partial charge in [-0.2, -0.15) is 5.10 Å². The average Bonchev–Trinajstić information content (AvgIpc) is 2.93. The fourth-order valence-corrected chi connectivity index (χ4v) is 1.90. The lowest BCUT2D eigenvalue weighted by Gasteiger charge is -2.06. The molecule has 2 N–H and O–H groups in total. The molecule has 0 aliphatic carbocycles. The Morgan fingerprint density at radius 3 is 2.82 bits per heavy atom. The smallest absolute Gasteiger partial charge is 0.256 e. The third-order valence-electron chi connectivity index (χ3n) is 2.90. The van der Waals surface area contributed by atoms with E-state index in [1.165, 1.54) is 0 Å². The normalized spacial score (nSPS) is 10.2. The zero-order valence-electron chi connectivity index (χ0n) is 11.9. The largest absolute Gasteiger partial charge is 0.439 e. The van der Waals surface area contributed by atoms with Crippen LogP contribution in [-0.2, 0) is 0 Å². The number of aromatic nitrogens is 3. The van der Waals surface area contributed by atoms with Gasteiger partial charge in [0, 0.05) is 29.6 Å². The maximum atomic E-state index is 12.2. The number of rotatable bonds is 4. The van der Waals surface area contributed by atoms with Crippen LogP contribution in [0.25, 0.3) is 0 Å². The first-order valence-corrected chi connectivity index (χ1v) is 6.73. The van der Waals surface area contributed by atoms with E-state index in [4.69, 9.17) is 4.74 Å². The van der Waals surface area contributed by atoms with Crippen molar-refractivity contribution in [2.45, 2.75) is 6.92 Å². The van der Waals surface area contributed by atoms with E-state index in [0.717, 1.165) is 5.69 Å². The Morgan fingerprint density at radius 1 is 1.18 bits per heavy atom. The van der Waals surface area contributed by atoms with Crippen LogP contribution < -0.4 is 10.1 Å². The summed E-state index contributed by atoms with van der Waals surface area (Å²) in [4.78, 5) is 16.3. The standard InChI is InChI=1S/C16H14N4O2/c1-11-9-14(20-19-11)18-16(21)12-5-4-6-13(10-12)22-15-7-2-3-8-17-15/h2-10H,1H3,(H2,18,19,20,21). The molecule has 0 unspecified atom stereocenters. The van der Waals surface area contributed by atoms with Crippen molar-refractivity contribution in [2.75, 3.05) is 5.32 Å². The van der Waals surface area contributed by atoms with Gasteiger partial charge in [0.1, 0.15) is 5.75 Å². The van der Waals surface area contributed by atoms with E-state index in [-0.39, 0.29) is 5.91 Å². The fraction of sp³-hybridized carbons (Fsp3) is 0.0625. The van der Waals surface area contributed by atoms with E-state index in [9.17, 15) is 4.79 Å². The number of aromatic amines is 1. The van der Waals surface area contributed by atoms with Gasteiger partial charge in [-0.15, -0.1) is 0 Å². The van der Waals surface area contributed by atoms with Gasteiger partial charge in [0.05, 0.1) is 0 Å². The summed E-state index contributed by atoms with van der Waals surface area (Å²) in [5.74, 6) is 1.25. The summed E-state index contributed by atoms with van der Waals surface area (Å²) in [6.07, 6.45) is 1.64. The van der Waals surface area contributed by atoms with Gasteiger partial charge in [-0.1, -0.05) is 12.1 Å². The second kappa shape index (κ2) is 6.09. The lowest BCUT2D eigenvalue weighted by molar-refractivity contribution is 0.102. The van der Waals surface area contributed by atoms with Crippen LogP contribution >= 0.6 is 0 Å². The first-order chi connectivity index (χ1) is 10.7. The van der Waals surface area contributed by atoms with Crippen molar-refractivity contribution in [1.82, 2.24) is 15.2 Å². The lowest BCUT2D eigenvalue weighted by atomic mass is 10.2. The van der Waals surface area contributed by atoms with Crippen LogP contribution in [0.3, 0.4) is 0 Å². The summed E-state index contributed by atoms with van der Waals surface area (Å²) in [7, 11) is 0. The molecule has 2 aromatic heterocycles. The molecule has 0 atom stereocenters.